The fraction of sp³-hybridized carbons (Fsp3) is 0.684. The molecule has 2 fully saturated rings. The summed E-state index contributed by atoms with van der Waals surface area (Å²) in [5, 5.41) is 0. The van der Waals surface area contributed by atoms with Gasteiger partial charge in [0.25, 0.3) is 0 Å². The molecule has 0 bridgehead atoms. The van der Waals surface area contributed by atoms with Crippen LogP contribution < -0.4 is 4.90 Å². The number of hydrogen-bond donors (Lipinski definition) is 0. The number of aromatic nitrogens is 1. The average molecular weight is 384 g/mol. The Morgan fingerprint density at radius 1 is 0.926 bits per heavy atom. The normalized spacial score (nSPS) is 20.3. The summed E-state index contributed by atoms with van der Waals surface area (Å²) >= 11 is 0. The number of alkyl halides is 3. The smallest absolute Gasteiger partial charge is 0.354 e. The van der Waals surface area contributed by atoms with E-state index < -0.39 is 11.7 Å². The van der Waals surface area contributed by atoms with Crippen LogP contribution in [0.15, 0.2) is 18.3 Å². The van der Waals surface area contributed by atoms with Gasteiger partial charge >= 0.3 is 6.18 Å². The molecule has 2 aliphatic rings. The molecule has 0 saturated carbocycles. The minimum Gasteiger partial charge on any atom is -0.354 e. The van der Waals surface area contributed by atoms with Gasteiger partial charge in [-0.15, -0.1) is 0 Å². The lowest BCUT2D eigenvalue weighted by atomic mass is 10.1. The Morgan fingerprint density at radius 2 is 1.56 bits per heavy atom. The molecule has 0 atom stereocenters. The maximum Gasteiger partial charge on any atom is 0.417 e. The molecule has 3 rings (SSSR count). The molecule has 0 aliphatic carbocycles. The minimum atomic E-state index is -4.36. The summed E-state index contributed by atoms with van der Waals surface area (Å²) in [4.78, 5) is 22.6. The number of hydrogen-bond acceptors (Lipinski definition) is 4. The molecule has 0 aromatic carbocycles. The van der Waals surface area contributed by atoms with E-state index in [1.807, 2.05) is 9.80 Å². The third kappa shape index (κ3) is 5.57. The highest BCUT2D eigenvalue weighted by molar-refractivity contribution is 5.78. The number of anilines is 1. The van der Waals surface area contributed by atoms with E-state index >= 15 is 0 Å². The maximum absolute atomic E-state index is 12.6. The molecule has 0 N–H and O–H groups in total. The van der Waals surface area contributed by atoms with Crippen molar-refractivity contribution in [3.8, 4) is 0 Å². The van der Waals surface area contributed by atoms with Crippen molar-refractivity contribution < 1.29 is 18.0 Å². The fourth-order valence-corrected chi connectivity index (χ4v) is 3.66. The van der Waals surface area contributed by atoms with Crippen molar-refractivity contribution in [2.75, 3.05) is 50.7 Å². The van der Waals surface area contributed by atoms with E-state index in [2.05, 4.69) is 9.88 Å². The molecule has 3 heterocycles. The molecule has 0 radical (unpaired) electrons. The van der Waals surface area contributed by atoms with Crippen LogP contribution in [-0.4, -0.2) is 66.5 Å². The van der Waals surface area contributed by atoms with Gasteiger partial charge in [0, 0.05) is 45.5 Å². The summed E-state index contributed by atoms with van der Waals surface area (Å²) in [5.74, 6) is 0.746. The Morgan fingerprint density at radius 3 is 2.11 bits per heavy atom. The number of carbonyl (C=O) groups excluding carboxylic acids is 1. The van der Waals surface area contributed by atoms with E-state index in [1.165, 1.54) is 25.3 Å². The van der Waals surface area contributed by atoms with E-state index in [0.29, 0.717) is 38.5 Å². The average Bonchev–Trinajstić information content (AvgIpc) is 2.61. The molecule has 27 heavy (non-hydrogen) atoms. The van der Waals surface area contributed by atoms with Crippen LogP contribution in [0.2, 0.25) is 0 Å². The summed E-state index contributed by atoms with van der Waals surface area (Å²) in [7, 11) is 0. The minimum absolute atomic E-state index is 0.193. The first-order chi connectivity index (χ1) is 12.9. The van der Waals surface area contributed by atoms with Crippen LogP contribution in [0.3, 0.4) is 0 Å². The lowest BCUT2D eigenvalue weighted by Crippen LogP contribution is -2.50. The van der Waals surface area contributed by atoms with Crippen molar-refractivity contribution in [3.05, 3.63) is 23.9 Å². The van der Waals surface area contributed by atoms with E-state index in [0.717, 1.165) is 38.2 Å². The predicted molar refractivity (Wildman–Crippen MR) is 97.6 cm³/mol. The van der Waals surface area contributed by atoms with Crippen LogP contribution in [-0.2, 0) is 11.0 Å². The number of nitrogens with zero attached hydrogens (tertiary/aromatic N) is 4. The van der Waals surface area contributed by atoms with Crippen LogP contribution in [0.5, 0.6) is 0 Å². The van der Waals surface area contributed by atoms with E-state index in [1.54, 1.807) is 0 Å². The topological polar surface area (TPSA) is 39.7 Å². The monoisotopic (exact) mass is 384 g/mol. The van der Waals surface area contributed by atoms with Gasteiger partial charge in [0.1, 0.15) is 5.82 Å². The number of rotatable bonds is 3. The van der Waals surface area contributed by atoms with Gasteiger partial charge in [0.05, 0.1) is 12.1 Å². The molecule has 150 valence electrons. The first kappa shape index (κ1) is 19.9. The number of carbonyl (C=O) groups is 1. The van der Waals surface area contributed by atoms with Gasteiger partial charge in [-0.3, -0.25) is 9.69 Å². The standard InChI is InChI=1S/C19H27F3N4O/c20-19(21,22)16-6-7-17(23-14-16)25-12-10-24(11-13-25)15-18(27)26-8-4-2-1-3-5-9-26/h6-7,14H,1-5,8-13,15H2. The lowest BCUT2D eigenvalue weighted by Gasteiger charge is -2.36. The van der Waals surface area contributed by atoms with Crippen LogP contribution >= 0.6 is 0 Å². The van der Waals surface area contributed by atoms with Gasteiger partial charge in [-0.05, 0) is 25.0 Å². The highest BCUT2D eigenvalue weighted by Crippen LogP contribution is 2.29. The third-order valence-electron chi connectivity index (χ3n) is 5.34. The summed E-state index contributed by atoms with van der Waals surface area (Å²) in [6.07, 6.45) is 2.34. The zero-order valence-electron chi connectivity index (χ0n) is 15.5. The molecular weight excluding hydrogens is 357 g/mol. The second kappa shape index (κ2) is 8.91. The van der Waals surface area contributed by atoms with Crippen molar-refractivity contribution in [2.45, 2.75) is 38.3 Å². The van der Waals surface area contributed by atoms with E-state index in [9.17, 15) is 18.0 Å². The van der Waals surface area contributed by atoms with Gasteiger partial charge in [-0.25, -0.2) is 4.98 Å². The summed E-state index contributed by atoms with van der Waals surface area (Å²) in [6, 6.07) is 2.49. The Hall–Kier alpha value is -1.83. The summed E-state index contributed by atoms with van der Waals surface area (Å²) < 4.78 is 37.9. The largest absolute Gasteiger partial charge is 0.417 e. The highest BCUT2D eigenvalue weighted by Gasteiger charge is 2.31. The zero-order chi connectivity index (χ0) is 19.3. The molecule has 2 saturated heterocycles. The Bertz CT molecular complexity index is 604. The number of piperazine rings is 1. The second-order valence-corrected chi connectivity index (χ2v) is 7.31. The molecule has 1 amide bonds. The maximum atomic E-state index is 12.6. The van der Waals surface area contributed by atoms with Gasteiger partial charge in [-0.2, -0.15) is 13.2 Å². The van der Waals surface area contributed by atoms with E-state index in [4.69, 9.17) is 0 Å². The van der Waals surface area contributed by atoms with Gasteiger partial charge in [0.15, 0.2) is 0 Å². The fourth-order valence-electron chi connectivity index (χ4n) is 3.66. The van der Waals surface area contributed by atoms with Crippen molar-refractivity contribution in [1.82, 2.24) is 14.8 Å². The molecule has 1 aromatic heterocycles. The first-order valence-electron chi connectivity index (χ1n) is 9.72. The highest BCUT2D eigenvalue weighted by atomic mass is 19.4. The Balaban J connectivity index is 1.47. The van der Waals surface area contributed by atoms with Gasteiger partial charge in [0.2, 0.25) is 5.91 Å². The molecule has 1 aromatic rings. The Labute approximate surface area is 158 Å². The lowest BCUT2D eigenvalue weighted by molar-refractivity contribution is -0.137. The van der Waals surface area contributed by atoms with Crippen molar-refractivity contribution >= 4 is 11.7 Å². The summed E-state index contributed by atoms with van der Waals surface area (Å²) in [6.45, 7) is 4.87. The number of amides is 1. The molecule has 8 heteroatoms. The summed E-state index contributed by atoms with van der Waals surface area (Å²) in [5.41, 5.74) is -0.733. The second-order valence-electron chi connectivity index (χ2n) is 7.31. The SMILES string of the molecule is O=C(CN1CCN(c2ccc(C(F)(F)F)cn2)CC1)N1CCCCCCC1. The Kier molecular flexibility index (Phi) is 6.57. The van der Waals surface area contributed by atoms with Crippen LogP contribution in [0.4, 0.5) is 19.0 Å². The zero-order valence-corrected chi connectivity index (χ0v) is 15.5. The molecule has 5 nitrogen and oxygen atoms in total. The van der Waals surface area contributed by atoms with Crippen molar-refractivity contribution in [1.29, 1.82) is 0 Å². The predicted octanol–water partition coefficient (Wildman–Crippen LogP) is 3.02. The number of pyridine rings is 1. The van der Waals surface area contributed by atoms with E-state index in [-0.39, 0.29) is 5.91 Å². The molecule has 2 aliphatic heterocycles. The van der Waals surface area contributed by atoms with Crippen molar-refractivity contribution in [3.63, 3.8) is 0 Å². The number of halogens is 3. The molecular formula is C19H27F3N4O. The van der Waals surface area contributed by atoms with Gasteiger partial charge in [-0.1, -0.05) is 19.3 Å². The molecule has 0 spiro atoms. The van der Waals surface area contributed by atoms with Crippen molar-refractivity contribution in [2.24, 2.45) is 0 Å². The van der Waals surface area contributed by atoms with Crippen LogP contribution in [0.25, 0.3) is 0 Å². The quantitative estimate of drug-likeness (QED) is 0.803. The van der Waals surface area contributed by atoms with Crippen LogP contribution in [0.1, 0.15) is 37.7 Å². The number of likely N-dealkylation sites (tertiary alicyclic amines) is 1. The van der Waals surface area contributed by atoms with Gasteiger partial charge < -0.3 is 9.80 Å². The molecule has 0 unspecified atom stereocenters. The van der Waals surface area contributed by atoms with Crippen LogP contribution in [0, 0.1) is 0 Å². The third-order valence-corrected chi connectivity index (χ3v) is 5.34. The first-order valence-corrected chi connectivity index (χ1v) is 9.72.